The second kappa shape index (κ2) is 5.97. The summed E-state index contributed by atoms with van der Waals surface area (Å²) < 4.78 is 0. The van der Waals surface area contributed by atoms with Crippen LogP contribution in [-0.4, -0.2) is 18.0 Å². The maximum absolute atomic E-state index is 10.8. The van der Waals surface area contributed by atoms with Gasteiger partial charge >= 0.3 is 0 Å². The second-order valence-corrected chi connectivity index (χ2v) is 5.20. The first-order valence-electron chi connectivity index (χ1n) is 6.72. The van der Waals surface area contributed by atoms with Crippen LogP contribution < -0.4 is 5.32 Å². The predicted octanol–water partition coefficient (Wildman–Crippen LogP) is 3.22. The molecule has 1 aliphatic heterocycles. The fourth-order valence-corrected chi connectivity index (χ4v) is 2.59. The van der Waals surface area contributed by atoms with E-state index >= 15 is 0 Å². The van der Waals surface area contributed by atoms with E-state index in [9.17, 15) is 10.1 Å². The van der Waals surface area contributed by atoms with Gasteiger partial charge in [0.05, 0.1) is 4.92 Å². The Labute approximate surface area is 113 Å². The Kier molecular flexibility index (Phi) is 4.32. The van der Waals surface area contributed by atoms with Crippen LogP contribution in [0.25, 0.3) is 6.08 Å². The van der Waals surface area contributed by atoms with Crippen LogP contribution in [0.1, 0.15) is 29.5 Å². The van der Waals surface area contributed by atoms with Gasteiger partial charge in [0.25, 0.3) is 5.69 Å². The first-order chi connectivity index (χ1) is 9.08. The largest absolute Gasteiger partial charge is 0.317 e. The molecule has 0 aliphatic carbocycles. The monoisotopic (exact) mass is 260 g/mol. The third-order valence-electron chi connectivity index (χ3n) is 3.71. The van der Waals surface area contributed by atoms with Crippen molar-refractivity contribution >= 4 is 11.8 Å². The first-order valence-corrected chi connectivity index (χ1v) is 6.72. The van der Waals surface area contributed by atoms with Crippen molar-refractivity contribution in [3.63, 3.8) is 0 Å². The number of rotatable bonds is 3. The van der Waals surface area contributed by atoms with Crippen LogP contribution >= 0.6 is 0 Å². The summed E-state index contributed by atoms with van der Waals surface area (Å²) in [4.78, 5) is 10.5. The van der Waals surface area contributed by atoms with Crippen molar-refractivity contribution in [2.75, 3.05) is 13.1 Å². The number of nitro groups is 1. The Morgan fingerprint density at radius 2 is 1.84 bits per heavy atom. The molecule has 0 unspecified atom stereocenters. The fraction of sp³-hybridized carbons (Fsp3) is 0.467. The van der Waals surface area contributed by atoms with E-state index < -0.39 is 0 Å². The van der Waals surface area contributed by atoms with Crippen molar-refractivity contribution in [2.45, 2.75) is 26.7 Å². The molecule has 0 bridgehead atoms. The van der Waals surface area contributed by atoms with E-state index in [4.69, 9.17) is 0 Å². The Morgan fingerprint density at radius 1 is 1.26 bits per heavy atom. The maximum atomic E-state index is 10.8. The van der Waals surface area contributed by atoms with Gasteiger partial charge < -0.3 is 5.32 Å². The molecule has 102 valence electrons. The van der Waals surface area contributed by atoms with E-state index in [0.717, 1.165) is 29.8 Å². The zero-order chi connectivity index (χ0) is 13.8. The molecule has 0 atom stereocenters. The maximum Gasteiger partial charge on any atom is 0.269 e. The van der Waals surface area contributed by atoms with E-state index in [1.807, 2.05) is 13.8 Å². The predicted molar refractivity (Wildman–Crippen MR) is 77.2 cm³/mol. The van der Waals surface area contributed by atoms with Crippen LogP contribution in [0.4, 0.5) is 5.69 Å². The molecule has 1 fully saturated rings. The highest BCUT2D eigenvalue weighted by Gasteiger charge is 2.12. The Bertz CT molecular complexity index is 480. The summed E-state index contributed by atoms with van der Waals surface area (Å²) in [5.41, 5.74) is 3.23. The van der Waals surface area contributed by atoms with Gasteiger partial charge in [-0.25, -0.2) is 0 Å². The molecule has 1 saturated heterocycles. The van der Waals surface area contributed by atoms with Gasteiger partial charge in [-0.1, -0.05) is 12.2 Å². The quantitative estimate of drug-likeness (QED) is 0.670. The average Bonchev–Trinajstić information content (AvgIpc) is 2.38. The standard InChI is InChI=1S/C15H20N2O2/c1-11-9-14(17(18)19)10-12(2)15(11)4-3-13-5-7-16-8-6-13/h3-4,9-10,13,16H,5-8H2,1-2H3. The molecule has 0 radical (unpaired) electrons. The fourth-order valence-electron chi connectivity index (χ4n) is 2.59. The van der Waals surface area contributed by atoms with Crippen molar-refractivity contribution in [2.24, 2.45) is 5.92 Å². The van der Waals surface area contributed by atoms with Gasteiger partial charge in [0.15, 0.2) is 0 Å². The van der Waals surface area contributed by atoms with Gasteiger partial charge in [0.2, 0.25) is 0 Å². The Morgan fingerprint density at radius 3 is 2.37 bits per heavy atom. The van der Waals surface area contributed by atoms with Crippen LogP contribution in [0, 0.1) is 29.9 Å². The third kappa shape index (κ3) is 3.41. The molecule has 1 aliphatic rings. The van der Waals surface area contributed by atoms with Gasteiger partial charge in [-0.05, 0) is 62.4 Å². The lowest BCUT2D eigenvalue weighted by Gasteiger charge is -2.19. The molecular weight excluding hydrogens is 240 g/mol. The summed E-state index contributed by atoms with van der Waals surface area (Å²) in [6.45, 7) is 6.02. The number of allylic oxidation sites excluding steroid dienone is 1. The molecule has 1 heterocycles. The van der Waals surface area contributed by atoms with E-state index in [-0.39, 0.29) is 10.6 Å². The van der Waals surface area contributed by atoms with E-state index in [1.165, 1.54) is 12.8 Å². The lowest BCUT2D eigenvalue weighted by Crippen LogP contribution is -2.26. The van der Waals surface area contributed by atoms with Gasteiger partial charge in [0, 0.05) is 12.1 Å². The van der Waals surface area contributed by atoms with Crippen LogP contribution in [0.2, 0.25) is 0 Å². The smallest absolute Gasteiger partial charge is 0.269 e. The Balaban J connectivity index is 2.20. The molecule has 1 aromatic rings. The second-order valence-electron chi connectivity index (χ2n) is 5.20. The minimum atomic E-state index is -0.333. The number of benzene rings is 1. The molecule has 0 spiro atoms. The lowest BCUT2D eigenvalue weighted by atomic mass is 9.95. The van der Waals surface area contributed by atoms with Crippen LogP contribution in [-0.2, 0) is 0 Å². The number of nitro benzene ring substituents is 1. The summed E-state index contributed by atoms with van der Waals surface area (Å²) in [7, 11) is 0. The van der Waals surface area contributed by atoms with Crippen molar-refractivity contribution in [1.82, 2.24) is 5.32 Å². The average molecular weight is 260 g/mol. The molecule has 0 amide bonds. The highest BCUT2D eigenvalue weighted by atomic mass is 16.6. The molecule has 2 rings (SSSR count). The topological polar surface area (TPSA) is 55.2 Å². The zero-order valence-corrected chi connectivity index (χ0v) is 11.5. The van der Waals surface area contributed by atoms with E-state index in [2.05, 4.69) is 17.5 Å². The van der Waals surface area contributed by atoms with Crippen LogP contribution in [0.3, 0.4) is 0 Å². The lowest BCUT2D eigenvalue weighted by molar-refractivity contribution is -0.384. The zero-order valence-electron chi connectivity index (χ0n) is 11.5. The van der Waals surface area contributed by atoms with Crippen molar-refractivity contribution in [3.8, 4) is 0 Å². The molecule has 1 N–H and O–H groups in total. The number of nitrogens with one attached hydrogen (secondary N) is 1. The summed E-state index contributed by atoms with van der Waals surface area (Å²) in [6.07, 6.45) is 6.72. The third-order valence-corrected chi connectivity index (χ3v) is 3.71. The van der Waals surface area contributed by atoms with E-state index in [0.29, 0.717) is 5.92 Å². The SMILES string of the molecule is Cc1cc([N+](=O)[O-])cc(C)c1C=CC1CCNCC1. The number of piperidine rings is 1. The number of non-ortho nitro benzene ring substituents is 1. The molecule has 0 aromatic heterocycles. The highest BCUT2D eigenvalue weighted by molar-refractivity contribution is 5.61. The molecule has 0 saturated carbocycles. The summed E-state index contributed by atoms with van der Waals surface area (Å²) in [6, 6.07) is 3.30. The van der Waals surface area contributed by atoms with Crippen molar-refractivity contribution < 1.29 is 4.92 Å². The summed E-state index contributed by atoms with van der Waals surface area (Å²) in [5.74, 6) is 0.621. The van der Waals surface area contributed by atoms with E-state index in [1.54, 1.807) is 12.1 Å². The van der Waals surface area contributed by atoms with Gasteiger partial charge in [-0.2, -0.15) is 0 Å². The van der Waals surface area contributed by atoms with Crippen LogP contribution in [0.5, 0.6) is 0 Å². The van der Waals surface area contributed by atoms with Gasteiger partial charge in [-0.3, -0.25) is 10.1 Å². The molecule has 1 aromatic carbocycles. The summed E-state index contributed by atoms with van der Waals surface area (Å²) in [5, 5.41) is 14.1. The number of nitrogens with zero attached hydrogens (tertiary/aromatic N) is 1. The van der Waals surface area contributed by atoms with Crippen LogP contribution in [0.15, 0.2) is 18.2 Å². The minimum absolute atomic E-state index is 0.175. The molecule has 4 heteroatoms. The normalized spacial score (nSPS) is 16.9. The number of hydrogen-bond donors (Lipinski definition) is 1. The van der Waals surface area contributed by atoms with Crippen molar-refractivity contribution in [1.29, 1.82) is 0 Å². The highest BCUT2D eigenvalue weighted by Crippen LogP contribution is 2.24. The molecule has 4 nitrogen and oxygen atoms in total. The first kappa shape index (κ1) is 13.7. The summed E-state index contributed by atoms with van der Waals surface area (Å²) >= 11 is 0. The van der Waals surface area contributed by atoms with Gasteiger partial charge in [0.1, 0.15) is 0 Å². The van der Waals surface area contributed by atoms with Gasteiger partial charge in [-0.15, -0.1) is 0 Å². The Hall–Kier alpha value is -1.68. The molecule has 19 heavy (non-hydrogen) atoms. The van der Waals surface area contributed by atoms with Crippen molar-refractivity contribution in [3.05, 3.63) is 45.0 Å². The minimum Gasteiger partial charge on any atom is -0.317 e. The molecular formula is C15H20N2O2. The number of aryl methyl sites for hydroxylation is 2. The number of hydrogen-bond acceptors (Lipinski definition) is 3.